The van der Waals surface area contributed by atoms with Crippen molar-refractivity contribution in [2.75, 3.05) is 5.32 Å². The van der Waals surface area contributed by atoms with Gasteiger partial charge in [-0.25, -0.2) is 0 Å². The van der Waals surface area contributed by atoms with E-state index in [4.69, 9.17) is 12.2 Å². The molecule has 0 spiro atoms. The normalized spacial score (nSPS) is 10.5. The van der Waals surface area contributed by atoms with Gasteiger partial charge in [-0.05, 0) is 57.1 Å². The number of nitrogens with one attached hydrogen (secondary N) is 2. The molecule has 0 atom stereocenters. The first kappa shape index (κ1) is 15.5. The van der Waals surface area contributed by atoms with Crippen LogP contribution in [0.1, 0.15) is 28.1 Å². The summed E-state index contributed by atoms with van der Waals surface area (Å²) < 4.78 is 1.90. The van der Waals surface area contributed by atoms with Crippen molar-refractivity contribution in [3.63, 3.8) is 0 Å². The molecule has 2 N–H and O–H groups in total. The Balaban J connectivity index is 2.01. The molecule has 4 nitrogen and oxygen atoms in total. The number of benzene rings is 1. The minimum Gasteiger partial charge on any atom is -0.358 e. The number of aromatic nitrogens is 2. The minimum absolute atomic E-state index is 0.631. The van der Waals surface area contributed by atoms with Gasteiger partial charge in [0, 0.05) is 30.5 Å². The number of anilines is 1. The molecule has 0 bridgehead atoms. The zero-order valence-corrected chi connectivity index (χ0v) is 14.1. The molecule has 0 saturated carbocycles. The molecule has 0 amide bonds. The number of aryl methyl sites for hydroxylation is 3. The fourth-order valence-electron chi connectivity index (χ4n) is 2.29. The Bertz CT molecular complexity index is 673. The first-order valence-electron chi connectivity index (χ1n) is 7.00. The summed E-state index contributed by atoms with van der Waals surface area (Å²) in [6.45, 7) is 8.96. The molecule has 1 aromatic carbocycles. The van der Waals surface area contributed by atoms with Crippen LogP contribution in [0.3, 0.4) is 0 Å². The number of nitrogens with zero attached hydrogens (tertiary/aromatic N) is 2. The molecule has 1 aromatic heterocycles. The largest absolute Gasteiger partial charge is 0.358 e. The molecular weight excluding hydrogens is 280 g/mol. The van der Waals surface area contributed by atoms with Crippen molar-refractivity contribution in [2.45, 2.75) is 34.2 Å². The third kappa shape index (κ3) is 3.42. The minimum atomic E-state index is 0.631. The third-order valence-corrected chi connectivity index (χ3v) is 4.18. The van der Waals surface area contributed by atoms with Crippen LogP contribution in [0.25, 0.3) is 0 Å². The highest BCUT2D eigenvalue weighted by molar-refractivity contribution is 7.80. The van der Waals surface area contributed by atoms with E-state index >= 15 is 0 Å². The van der Waals surface area contributed by atoms with Gasteiger partial charge in [0.2, 0.25) is 0 Å². The second-order valence-corrected chi connectivity index (χ2v) is 5.74. The zero-order valence-electron chi connectivity index (χ0n) is 13.2. The summed E-state index contributed by atoms with van der Waals surface area (Å²) in [5, 5.41) is 11.6. The molecule has 21 heavy (non-hydrogen) atoms. The average molecular weight is 302 g/mol. The molecule has 0 aliphatic rings. The Morgan fingerprint density at radius 1 is 1.24 bits per heavy atom. The molecule has 0 radical (unpaired) electrons. The predicted octanol–water partition coefficient (Wildman–Crippen LogP) is 3.14. The fraction of sp³-hybridized carbons (Fsp3) is 0.375. The van der Waals surface area contributed by atoms with Crippen LogP contribution in [-0.4, -0.2) is 14.9 Å². The molecule has 0 fully saturated rings. The summed E-state index contributed by atoms with van der Waals surface area (Å²) in [6, 6.07) is 6.17. The van der Waals surface area contributed by atoms with Gasteiger partial charge in [0.05, 0.1) is 5.69 Å². The lowest BCUT2D eigenvalue weighted by Gasteiger charge is -2.14. The maximum atomic E-state index is 5.38. The number of rotatable bonds is 3. The molecule has 0 saturated heterocycles. The number of hydrogen-bond acceptors (Lipinski definition) is 2. The summed E-state index contributed by atoms with van der Waals surface area (Å²) in [5.74, 6) is 0. The fourth-order valence-corrected chi connectivity index (χ4v) is 2.48. The van der Waals surface area contributed by atoms with Crippen LogP contribution in [0, 0.1) is 27.7 Å². The molecule has 0 unspecified atom stereocenters. The smallest absolute Gasteiger partial charge is 0.171 e. The highest BCUT2D eigenvalue weighted by atomic mass is 32.1. The number of thiocarbonyl (C=S) groups is 1. The Labute approximate surface area is 131 Å². The molecule has 2 aromatic rings. The summed E-state index contributed by atoms with van der Waals surface area (Å²) in [5.41, 5.74) is 6.92. The SMILES string of the molecule is Cc1cccc(NC(=S)NCc2c(C)nn(C)c2C)c1C. The highest BCUT2D eigenvalue weighted by Gasteiger charge is 2.10. The Hall–Kier alpha value is -1.88. The second kappa shape index (κ2) is 6.26. The molecule has 5 heteroatoms. The molecule has 0 aliphatic carbocycles. The van der Waals surface area contributed by atoms with Gasteiger partial charge in [-0.2, -0.15) is 5.10 Å². The van der Waals surface area contributed by atoms with E-state index < -0.39 is 0 Å². The lowest BCUT2D eigenvalue weighted by molar-refractivity contribution is 0.729. The quantitative estimate of drug-likeness (QED) is 0.855. The van der Waals surface area contributed by atoms with Crippen molar-refractivity contribution >= 4 is 23.0 Å². The lowest BCUT2D eigenvalue weighted by atomic mass is 10.1. The predicted molar refractivity (Wildman–Crippen MR) is 91.7 cm³/mol. The Kier molecular flexibility index (Phi) is 4.63. The van der Waals surface area contributed by atoms with E-state index in [-0.39, 0.29) is 0 Å². The zero-order chi connectivity index (χ0) is 15.6. The van der Waals surface area contributed by atoms with Crippen LogP contribution in [0.4, 0.5) is 5.69 Å². The summed E-state index contributed by atoms with van der Waals surface area (Å²) in [7, 11) is 1.96. The van der Waals surface area contributed by atoms with Crippen molar-refractivity contribution in [3.8, 4) is 0 Å². The maximum absolute atomic E-state index is 5.38. The van der Waals surface area contributed by atoms with E-state index in [0.29, 0.717) is 11.7 Å². The van der Waals surface area contributed by atoms with Gasteiger partial charge in [-0.15, -0.1) is 0 Å². The van der Waals surface area contributed by atoms with Gasteiger partial charge < -0.3 is 10.6 Å². The summed E-state index contributed by atoms with van der Waals surface area (Å²) >= 11 is 5.38. The van der Waals surface area contributed by atoms with Gasteiger partial charge in [0.25, 0.3) is 0 Å². The van der Waals surface area contributed by atoms with Gasteiger partial charge >= 0.3 is 0 Å². The van der Waals surface area contributed by atoms with Crippen molar-refractivity contribution in [3.05, 3.63) is 46.3 Å². The van der Waals surface area contributed by atoms with Crippen LogP contribution >= 0.6 is 12.2 Å². The van der Waals surface area contributed by atoms with E-state index in [9.17, 15) is 0 Å². The second-order valence-electron chi connectivity index (χ2n) is 5.33. The maximum Gasteiger partial charge on any atom is 0.171 e. The van der Waals surface area contributed by atoms with Crippen molar-refractivity contribution < 1.29 is 0 Å². The number of hydrogen-bond donors (Lipinski definition) is 2. The Morgan fingerprint density at radius 3 is 2.57 bits per heavy atom. The molecule has 1 heterocycles. The first-order chi connectivity index (χ1) is 9.90. The van der Waals surface area contributed by atoms with Crippen LogP contribution in [0.2, 0.25) is 0 Å². The molecular formula is C16H22N4S. The topological polar surface area (TPSA) is 41.9 Å². The average Bonchev–Trinajstić information content (AvgIpc) is 2.67. The highest BCUT2D eigenvalue weighted by Crippen LogP contribution is 2.18. The Morgan fingerprint density at radius 2 is 1.95 bits per heavy atom. The van der Waals surface area contributed by atoms with Crippen LogP contribution in [0.15, 0.2) is 18.2 Å². The molecule has 2 rings (SSSR count). The van der Waals surface area contributed by atoms with Crippen LogP contribution in [-0.2, 0) is 13.6 Å². The molecule has 0 aliphatic heterocycles. The van der Waals surface area contributed by atoms with E-state index in [1.807, 2.05) is 30.8 Å². The van der Waals surface area contributed by atoms with E-state index in [0.717, 1.165) is 17.1 Å². The first-order valence-corrected chi connectivity index (χ1v) is 7.41. The van der Waals surface area contributed by atoms with Crippen LogP contribution in [0.5, 0.6) is 0 Å². The third-order valence-electron chi connectivity index (χ3n) is 3.94. The van der Waals surface area contributed by atoms with Gasteiger partial charge in [-0.3, -0.25) is 4.68 Å². The summed E-state index contributed by atoms with van der Waals surface area (Å²) in [6.07, 6.45) is 0. The van der Waals surface area contributed by atoms with E-state index in [1.165, 1.54) is 16.7 Å². The van der Waals surface area contributed by atoms with Gasteiger partial charge in [0.1, 0.15) is 0 Å². The van der Waals surface area contributed by atoms with Crippen molar-refractivity contribution in [1.29, 1.82) is 0 Å². The van der Waals surface area contributed by atoms with E-state index in [2.05, 4.69) is 42.6 Å². The summed E-state index contributed by atoms with van der Waals surface area (Å²) in [4.78, 5) is 0. The van der Waals surface area contributed by atoms with E-state index in [1.54, 1.807) is 0 Å². The lowest BCUT2D eigenvalue weighted by Crippen LogP contribution is -2.28. The van der Waals surface area contributed by atoms with Crippen molar-refractivity contribution in [1.82, 2.24) is 15.1 Å². The standard InChI is InChI=1S/C16H22N4S/c1-10-7-6-8-15(11(10)2)18-16(21)17-9-14-12(3)19-20(5)13(14)4/h6-8H,9H2,1-5H3,(H2,17,18,21). The van der Waals surface area contributed by atoms with Crippen molar-refractivity contribution in [2.24, 2.45) is 7.05 Å². The van der Waals surface area contributed by atoms with Gasteiger partial charge in [-0.1, -0.05) is 12.1 Å². The molecule has 112 valence electrons. The monoisotopic (exact) mass is 302 g/mol. The van der Waals surface area contributed by atoms with Crippen LogP contribution < -0.4 is 10.6 Å². The van der Waals surface area contributed by atoms with Gasteiger partial charge in [0.15, 0.2) is 5.11 Å².